The lowest BCUT2D eigenvalue weighted by atomic mass is 10.0. The van der Waals surface area contributed by atoms with Crippen LogP contribution in [0.15, 0.2) is 54.6 Å². The molecule has 1 aliphatic heterocycles. The minimum atomic E-state index is -1.03. The van der Waals surface area contributed by atoms with Crippen LogP contribution in [0.2, 0.25) is 10.0 Å². The topological polar surface area (TPSA) is 66.8 Å². The molecule has 1 aliphatic rings. The van der Waals surface area contributed by atoms with Gasteiger partial charge in [-0.2, -0.15) is 0 Å². The first-order valence-corrected chi connectivity index (χ1v) is 10.1. The van der Waals surface area contributed by atoms with Crippen LogP contribution >= 0.6 is 23.2 Å². The highest BCUT2D eigenvalue weighted by molar-refractivity contribution is 6.30. The molecule has 7 heteroatoms. The van der Waals surface area contributed by atoms with Crippen molar-refractivity contribution in [3.8, 4) is 0 Å². The first kappa shape index (κ1) is 23.2. The molecule has 156 valence electrons. The molecule has 2 aromatic carbocycles. The molecule has 2 aromatic rings. The number of aliphatic carboxylic acids is 1. The van der Waals surface area contributed by atoms with Gasteiger partial charge >= 0.3 is 5.97 Å². The molecule has 5 nitrogen and oxygen atoms in total. The van der Waals surface area contributed by atoms with Crippen LogP contribution < -0.4 is 0 Å². The summed E-state index contributed by atoms with van der Waals surface area (Å²) in [6, 6.07) is 16.5. The number of hydrogen-bond acceptors (Lipinski definition) is 3. The van der Waals surface area contributed by atoms with Gasteiger partial charge in [0.2, 0.25) is 0 Å². The largest absolute Gasteiger partial charge is 0.481 e. The molecule has 0 bridgehead atoms. The van der Waals surface area contributed by atoms with Gasteiger partial charge < -0.3 is 14.7 Å². The van der Waals surface area contributed by atoms with E-state index in [1.54, 1.807) is 17.0 Å². The van der Waals surface area contributed by atoms with Crippen LogP contribution in [-0.4, -0.2) is 41.1 Å². The fraction of sp³-hybridized carbons (Fsp3) is 0.364. The zero-order valence-corrected chi connectivity index (χ0v) is 17.9. The van der Waals surface area contributed by atoms with Gasteiger partial charge in [0, 0.05) is 16.6 Å². The van der Waals surface area contributed by atoms with Gasteiger partial charge in [0.1, 0.15) is 6.10 Å². The highest BCUT2D eigenvalue weighted by Gasteiger charge is 2.38. The number of carboxylic acids is 1. The summed E-state index contributed by atoms with van der Waals surface area (Å²) in [5, 5.41) is 10.3. The average Bonchev–Trinajstić information content (AvgIpc) is 2.66. The lowest BCUT2D eigenvalue weighted by Crippen LogP contribution is -2.51. The van der Waals surface area contributed by atoms with Crippen LogP contribution in [0.4, 0.5) is 0 Å². The smallest absolute Gasteiger partial charge is 0.306 e. The summed E-state index contributed by atoms with van der Waals surface area (Å²) in [5.74, 6) is -1.02. The molecule has 2 unspecified atom stereocenters. The quantitative estimate of drug-likeness (QED) is 0.707. The first-order chi connectivity index (χ1) is 13.8. The fourth-order valence-electron chi connectivity index (χ4n) is 3.00. The maximum Gasteiger partial charge on any atom is 0.306 e. The van der Waals surface area contributed by atoms with Gasteiger partial charge in [-0.3, -0.25) is 9.59 Å². The molecule has 2 atom stereocenters. The van der Waals surface area contributed by atoms with E-state index in [1.807, 2.05) is 56.3 Å². The maximum absolute atomic E-state index is 12.6. The summed E-state index contributed by atoms with van der Waals surface area (Å²) in [7, 11) is 0. The Hall–Kier alpha value is -2.08. The van der Waals surface area contributed by atoms with E-state index in [1.165, 1.54) is 0 Å². The zero-order chi connectivity index (χ0) is 21.4. The predicted octanol–water partition coefficient (Wildman–Crippen LogP) is 5.08. The van der Waals surface area contributed by atoms with E-state index >= 15 is 0 Å². The SMILES string of the molecule is CC(C)CN1C(=O)C(CC(=O)O)OCC1c1ccc(Cl)cc1.Clc1ccccc1. The second-order valence-electron chi connectivity index (χ2n) is 7.17. The summed E-state index contributed by atoms with van der Waals surface area (Å²) in [5.41, 5.74) is 0.937. The third kappa shape index (κ3) is 7.35. The highest BCUT2D eigenvalue weighted by Crippen LogP contribution is 2.29. The molecule has 1 amide bonds. The monoisotopic (exact) mass is 437 g/mol. The predicted molar refractivity (Wildman–Crippen MR) is 114 cm³/mol. The van der Waals surface area contributed by atoms with Crippen molar-refractivity contribution < 1.29 is 19.4 Å². The molecule has 1 N–H and O–H groups in total. The van der Waals surface area contributed by atoms with Gasteiger partial charge in [-0.15, -0.1) is 0 Å². The standard InChI is InChI=1S/C16H20ClNO4.C6H5Cl/c1-10(2)8-18-13(11-3-5-12(17)6-4-11)9-22-14(16(18)21)7-15(19)20;7-6-4-2-1-3-5-6/h3-6,10,13-14H,7-9H2,1-2H3,(H,19,20);1-5H. The number of carbonyl (C=O) groups is 2. The van der Waals surface area contributed by atoms with Gasteiger partial charge in [0.05, 0.1) is 19.1 Å². The van der Waals surface area contributed by atoms with E-state index in [9.17, 15) is 9.59 Å². The highest BCUT2D eigenvalue weighted by atomic mass is 35.5. The van der Waals surface area contributed by atoms with Crippen LogP contribution in [0.1, 0.15) is 31.9 Å². The Morgan fingerprint density at radius 1 is 1.10 bits per heavy atom. The maximum atomic E-state index is 12.6. The lowest BCUT2D eigenvalue weighted by Gasteiger charge is -2.40. The van der Waals surface area contributed by atoms with Crippen LogP contribution in [0.25, 0.3) is 0 Å². The van der Waals surface area contributed by atoms with E-state index in [0.29, 0.717) is 11.6 Å². The second kappa shape index (κ2) is 11.2. The Labute approximate surface area is 181 Å². The van der Waals surface area contributed by atoms with E-state index in [0.717, 1.165) is 10.6 Å². The van der Waals surface area contributed by atoms with Gasteiger partial charge in [-0.1, -0.05) is 67.4 Å². The average molecular weight is 438 g/mol. The minimum Gasteiger partial charge on any atom is -0.481 e. The van der Waals surface area contributed by atoms with Gasteiger partial charge in [0.15, 0.2) is 0 Å². The van der Waals surface area contributed by atoms with E-state index in [2.05, 4.69) is 0 Å². The Bertz CT molecular complexity index is 796. The molecule has 1 fully saturated rings. The first-order valence-electron chi connectivity index (χ1n) is 9.37. The molecule has 0 aliphatic carbocycles. The van der Waals surface area contributed by atoms with Crippen molar-refractivity contribution in [2.24, 2.45) is 5.92 Å². The number of amides is 1. The number of hydrogen-bond donors (Lipinski definition) is 1. The molecule has 1 saturated heterocycles. The molecule has 0 aromatic heterocycles. The summed E-state index contributed by atoms with van der Waals surface area (Å²) in [4.78, 5) is 25.2. The number of carbonyl (C=O) groups excluding carboxylic acids is 1. The van der Waals surface area contributed by atoms with Crippen molar-refractivity contribution in [1.29, 1.82) is 0 Å². The van der Waals surface area contributed by atoms with Crippen LogP contribution in [-0.2, 0) is 14.3 Å². The van der Waals surface area contributed by atoms with Crippen molar-refractivity contribution in [3.05, 3.63) is 70.2 Å². The van der Waals surface area contributed by atoms with Crippen molar-refractivity contribution >= 4 is 35.1 Å². The molecule has 1 heterocycles. The zero-order valence-electron chi connectivity index (χ0n) is 16.4. The number of carboxylic acid groups (broad SMARTS) is 1. The lowest BCUT2D eigenvalue weighted by molar-refractivity contribution is -0.166. The Kier molecular flexibility index (Phi) is 8.96. The molecular weight excluding hydrogens is 413 g/mol. The third-order valence-electron chi connectivity index (χ3n) is 4.30. The summed E-state index contributed by atoms with van der Waals surface area (Å²) >= 11 is 11.4. The second-order valence-corrected chi connectivity index (χ2v) is 8.04. The van der Waals surface area contributed by atoms with E-state index < -0.39 is 12.1 Å². The Balaban J connectivity index is 0.000000360. The molecule has 0 radical (unpaired) electrons. The van der Waals surface area contributed by atoms with E-state index in [4.69, 9.17) is 33.0 Å². The molecule has 0 spiro atoms. The Morgan fingerprint density at radius 3 is 2.17 bits per heavy atom. The van der Waals surface area contributed by atoms with Crippen LogP contribution in [0.3, 0.4) is 0 Å². The molecule has 29 heavy (non-hydrogen) atoms. The molecule has 0 saturated carbocycles. The number of ether oxygens (including phenoxy) is 1. The normalized spacial score (nSPS) is 18.9. The van der Waals surface area contributed by atoms with Gasteiger partial charge in [-0.05, 0) is 35.7 Å². The number of halogens is 2. The fourth-order valence-corrected chi connectivity index (χ4v) is 3.27. The van der Waals surface area contributed by atoms with E-state index in [-0.39, 0.29) is 30.9 Å². The van der Waals surface area contributed by atoms with Crippen LogP contribution in [0, 0.1) is 5.92 Å². The minimum absolute atomic E-state index is 0.211. The van der Waals surface area contributed by atoms with Crippen LogP contribution in [0.5, 0.6) is 0 Å². The summed E-state index contributed by atoms with van der Waals surface area (Å²) in [6.45, 7) is 4.89. The number of benzene rings is 2. The molecular formula is C22H25Cl2NO4. The number of morpholine rings is 1. The number of nitrogens with zero attached hydrogens (tertiary/aromatic N) is 1. The summed E-state index contributed by atoms with van der Waals surface area (Å²) < 4.78 is 5.51. The molecule has 3 rings (SSSR count). The van der Waals surface area contributed by atoms with Crippen molar-refractivity contribution in [2.75, 3.05) is 13.2 Å². The van der Waals surface area contributed by atoms with Gasteiger partial charge in [-0.25, -0.2) is 0 Å². The summed E-state index contributed by atoms with van der Waals surface area (Å²) in [6.07, 6.45) is -1.21. The van der Waals surface area contributed by atoms with Crippen molar-refractivity contribution in [3.63, 3.8) is 0 Å². The third-order valence-corrected chi connectivity index (χ3v) is 4.80. The Morgan fingerprint density at radius 2 is 1.69 bits per heavy atom. The van der Waals surface area contributed by atoms with Gasteiger partial charge in [0.25, 0.3) is 5.91 Å². The van der Waals surface area contributed by atoms with Crippen molar-refractivity contribution in [2.45, 2.75) is 32.4 Å². The number of rotatable bonds is 5. The van der Waals surface area contributed by atoms with Crippen molar-refractivity contribution in [1.82, 2.24) is 4.90 Å².